The van der Waals surface area contributed by atoms with Gasteiger partial charge in [-0.3, -0.25) is 9.59 Å². The molecule has 4 nitrogen and oxygen atoms in total. The zero-order valence-electron chi connectivity index (χ0n) is 14.6. The number of benzene rings is 1. The highest BCUT2D eigenvalue weighted by atomic mass is 16.2. The lowest BCUT2D eigenvalue weighted by Crippen LogP contribution is -2.44. The van der Waals surface area contributed by atoms with E-state index in [4.69, 9.17) is 0 Å². The second-order valence-corrected chi connectivity index (χ2v) is 6.16. The van der Waals surface area contributed by atoms with E-state index in [0.717, 1.165) is 5.56 Å². The molecule has 0 radical (unpaired) electrons. The molecule has 1 aliphatic rings. The second-order valence-electron chi connectivity index (χ2n) is 6.16. The minimum absolute atomic E-state index is 0.00351. The van der Waals surface area contributed by atoms with Crippen molar-refractivity contribution in [2.24, 2.45) is 5.92 Å². The zero-order valence-corrected chi connectivity index (χ0v) is 14.6. The first-order valence-corrected chi connectivity index (χ1v) is 8.68. The summed E-state index contributed by atoms with van der Waals surface area (Å²) in [4.78, 5) is 28.5. The van der Waals surface area contributed by atoms with Crippen LogP contribution in [0.15, 0.2) is 61.7 Å². The molecule has 0 unspecified atom stereocenters. The van der Waals surface area contributed by atoms with Gasteiger partial charge in [-0.25, -0.2) is 0 Å². The third-order valence-corrected chi connectivity index (χ3v) is 4.38. The summed E-state index contributed by atoms with van der Waals surface area (Å²) in [5, 5.41) is 0. The van der Waals surface area contributed by atoms with Crippen molar-refractivity contribution in [2.45, 2.75) is 12.8 Å². The molecule has 0 bridgehead atoms. The maximum atomic E-state index is 12.6. The third-order valence-electron chi connectivity index (χ3n) is 4.38. The summed E-state index contributed by atoms with van der Waals surface area (Å²) in [7, 11) is 0. The summed E-state index contributed by atoms with van der Waals surface area (Å²) in [6, 6.07) is 9.76. The molecule has 1 heterocycles. The number of hydrogen-bond acceptors (Lipinski definition) is 2. The Bertz CT molecular complexity index is 619. The van der Waals surface area contributed by atoms with Crippen molar-refractivity contribution in [3.8, 4) is 0 Å². The van der Waals surface area contributed by atoms with Crippen LogP contribution in [0.25, 0.3) is 6.08 Å². The molecule has 1 fully saturated rings. The molecule has 0 atom stereocenters. The van der Waals surface area contributed by atoms with Crippen molar-refractivity contribution >= 4 is 17.9 Å². The molecular formula is C21H26N2O2. The molecule has 0 aromatic heterocycles. The molecule has 132 valence electrons. The topological polar surface area (TPSA) is 40.6 Å². The van der Waals surface area contributed by atoms with E-state index in [1.54, 1.807) is 23.1 Å². The number of carbonyl (C=O) groups is 2. The van der Waals surface area contributed by atoms with Gasteiger partial charge in [-0.1, -0.05) is 42.5 Å². The molecule has 0 aliphatic carbocycles. The lowest BCUT2D eigenvalue weighted by atomic mass is 9.95. The highest BCUT2D eigenvalue weighted by molar-refractivity contribution is 5.92. The summed E-state index contributed by atoms with van der Waals surface area (Å²) in [5.41, 5.74) is 1.01. The largest absolute Gasteiger partial charge is 0.339 e. The van der Waals surface area contributed by atoms with Crippen LogP contribution in [-0.2, 0) is 9.59 Å². The van der Waals surface area contributed by atoms with Crippen LogP contribution >= 0.6 is 0 Å². The third kappa shape index (κ3) is 5.45. The molecule has 1 saturated heterocycles. The minimum atomic E-state index is -0.0259. The molecule has 25 heavy (non-hydrogen) atoms. The average molecular weight is 338 g/mol. The van der Waals surface area contributed by atoms with E-state index < -0.39 is 0 Å². The van der Waals surface area contributed by atoms with Crippen molar-refractivity contribution < 1.29 is 9.59 Å². The standard InChI is InChI=1S/C21H26N2O2/c1-3-14-23(15-4-2)21(25)19-12-16-22(17-13-19)20(24)11-10-18-8-6-5-7-9-18/h3-11,19H,1-2,12-17H2/b11-10+. The van der Waals surface area contributed by atoms with Crippen molar-refractivity contribution in [3.63, 3.8) is 0 Å². The van der Waals surface area contributed by atoms with Crippen LogP contribution in [0.3, 0.4) is 0 Å². The van der Waals surface area contributed by atoms with Crippen LogP contribution in [0.2, 0.25) is 0 Å². The van der Waals surface area contributed by atoms with Gasteiger partial charge in [0.05, 0.1) is 0 Å². The fourth-order valence-electron chi connectivity index (χ4n) is 3.01. The average Bonchev–Trinajstić information content (AvgIpc) is 2.66. The summed E-state index contributed by atoms with van der Waals surface area (Å²) in [6.07, 6.45) is 8.31. The van der Waals surface area contributed by atoms with Gasteiger partial charge in [0.25, 0.3) is 0 Å². The zero-order chi connectivity index (χ0) is 18.1. The van der Waals surface area contributed by atoms with E-state index in [1.165, 1.54) is 0 Å². The van der Waals surface area contributed by atoms with E-state index in [-0.39, 0.29) is 17.7 Å². The lowest BCUT2D eigenvalue weighted by Gasteiger charge is -2.33. The Labute approximate surface area is 150 Å². The number of likely N-dealkylation sites (tertiary alicyclic amines) is 1. The van der Waals surface area contributed by atoms with Crippen molar-refractivity contribution in [1.29, 1.82) is 0 Å². The van der Waals surface area contributed by atoms with Crippen LogP contribution in [-0.4, -0.2) is 47.8 Å². The number of hydrogen-bond donors (Lipinski definition) is 0. The highest BCUT2D eigenvalue weighted by Gasteiger charge is 2.28. The first-order valence-electron chi connectivity index (χ1n) is 8.68. The van der Waals surface area contributed by atoms with Gasteiger partial charge in [-0.2, -0.15) is 0 Å². The summed E-state index contributed by atoms with van der Waals surface area (Å²) in [6.45, 7) is 9.70. The predicted octanol–water partition coefficient (Wildman–Crippen LogP) is 3.14. The Morgan fingerprint density at radius 2 is 1.68 bits per heavy atom. The predicted molar refractivity (Wildman–Crippen MR) is 102 cm³/mol. The lowest BCUT2D eigenvalue weighted by molar-refractivity contribution is -0.138. The van der Waals surface area contributed by atoms with Gasteiger partial charge >= 0.3 is 0 Å². The van der Waals surface area contributed by atoms with E-state index >= 15 is 0 Å². The molecular weight excluding hydrogens is 312 g/mol. The molecule has 0 spiro atoms. The van der Waals surface area contributed by atoms with Crippen LogP contribution < -0.4 is 0 Å². The molecule has 0 N–H and O–H groups in total. The monoisotopic (exact) mass is 338 g/mol. The van der Waals surface area contributed by atoms with Crippen LogP contribution in [0, 0.1) is 5.92 Å². The van der Waals surface area contributed by atoms with E-state index in [2.05, 4.69) is 13.2 Å². The highest BCUT2D eigenvalue weighted by Crippen LogP contribution is 2.20. The van der Waals surface area contributed by atoms with Crippen LogP contribution in [0.1, 0.15) is 18.4 Å². The van der Waals surface area contributed by atoms with Gasteiger partial charge in [0.15, 0.2) is 0 Å². The van der Waals surface area contributed by atoms with Gasteiger partial charge < -0.3 is 9.80 Å². The number of rotatable bonds is 7. The Morgan fingerprint density at radius 3 is 2.24 bits per heavy atom. The number of piperidine rings is 1. The minimum Gasteiger partial charge on any atom is -0.339 e. The maximum Gasteiger partial charge on any atom is 0.246 e. The SMILES string of the molecule is C=CCN(CC=C)C(=O)C1CCN(C(=O)/C=C/c2ccccc2)CC1. The molecule has 2 amide bonds. The smallest absolute Gasteiger partial charge is 0.246 e. The summed E-state index contributed by atoms with van der Waals surface area (Å²) in [5.74, 6) is 0.109. The van der Waals surface area contributed by atoms with Crippen LogP contribution in [0.5, 0.6) is 0 Å². The molecule has 4 heteroatoms. The first-order chi connectivity index (χ1) is 12.2. The fourth-order valence-corrected chi connectivity index (χ4v) is 3.01. The number of amides is 2. The Balaban J connectivity index is 1.87. The normalized spacial score (nSPS) is 15.1. The Morgan fingerprint density at radius 1 is 1.08 bits per heavy atom. The maximum absolute atomic E-state index is 12.6. The number of nitrogens with zero attached hydrogens (tertiary/aromatic N) is 2. The molecule has 1 aromatic rings. The molecule has 1 aliphatic heterocycles. The number of carbonyl (C=O) groups excluding carboxylic acids is 2. The van der Waals surface area contributed by atoms with E-state index in [1.807, 2.05) is 41.3 Å². The van der Waals surface area contributed by atoms with E-state index in [9.17, 15) is 9.59 Å². The summed E-state index contributed by atoms with van der Waals surface area (Å²) < 4.78 is 0. The Kier molecular flexibility index (Phi) is 7.20. The van der Waals surface area contributed by atoms with Gasteiger partial charge in [-0.05, 0) is 24.5 Å². The second kappa shape index (κ2) is 9.62. The molecule has 1 aromatic carbocycles. The van der Waals surface area contributed by atoms with Crippen molar-refractivity contribution in [1.82, 2.24) is 9.80 Å². The van der Waals surface area contributed by atoms with E-state index in [0.29, 0.717) is 39.0 Å². The molecule has 2 rings (SSSR count). The summed E-state index contributed by atoms with van der Waals surface area (Å²) >= 11 is 0. The van der Waals surface area contributed by atoms with Gasteiger partial charge in [-0.15, -0.1) is 13.2 Å². The van der Waals surface area contributed by atoms with Crippen molar-refractivity contribution in [2.75, 3.05) is 26.2 Å². The quantitative estimate of drug-likeness (QED) is 0.566. The fraction of sp³-hybridized carbons (Fsp3) is 0.333. The Hall–Kier alpha value is -2.62. The first kappa shape index (κ1) is 18.7. The molecule has 0 saturated carbocycles. The van der Waals surface area contributed by atoms with Gasteiger partial charge in [0.2, 0.25) is 11.8 Å². The van der Waals surface area contributed by atoms with Gasteiger partial charge in [0.1, 0.15) is 0 Å². The van der Waals surface area contributed by atoms with Crippen LogP contribution in [0.4, 0.5) is 0 Å². The van der Waals surface area contributed by atoms with Crippen molar-refractivity contribution in [3.05, 3.63) is 67.3 Å². The van der Waals surface area contributed by atoms with Gasteiger partial charge in [0, 0.05) is 38.2 Å².